The molecule has 1 aromatic carbocycles. The van der Waals surface area contributed by atoms with Gasteiger partial charge < -0.3 is 10.4 Å². The molecule has 1 unspecified atom stereocenters. The monoisotopic (exact) mass is 323 g/mol. The molecule has 2 rings (SSSR count). The van der Waals surface area contributed by atoms with E-state index in [1.54, 1.807) is 0 Å². The fourth-order valence-corrected chi connectivity index (χ4v) is 3.42. The SMILES string of the molecule is CCCC(CCO)CNC(=O)C1(c2ccc(Cl)cc2)CCC1. The summed E-state index contributed by atoms with van der Waals surface area (Å²) in [7, 11) is 0. The van der Waals surface area contributed by atoms with Gasteiger partial charge in [-0.25, -0.2) is 0 Å². The van der Waals surface area contributed by atoms with Crippen molar-refractivity contribution in [2.45, 2.75) is 50.9 Å². The van der Waals surface area contributed by atoms with E-state index in [0.717, 1.165) is 44.1 Å². The van der Waals surface area contributed by atoms with Crippen LogP contribution in [-0.2, 0) is 10.2 Å². The van der Waals surface area contributed by atoms with Gasteiger partial charge in [0.1, 0.15) is 0 Å². The summed E-state index contributed by atoms with van der Waals surface area (Å²) in [6.07, 6.45) is 5.75. The van der Waals surface area contributed by atoms with Crippen LogP contribution in [0.3, 0.4) is 0 Å². The molecule has 1 fully saturated rings. The number of amides is 1. The zero-order chi connectivity index (χ0) is 16.0. The lowest BCUT2D eigenvalue weighted by Gasteiger charge is -2.41. The van der Waals surface area contributed by atoms with Crippen molar-refractivity contribution in [2.75, 3.05) is 13.2 Å². The average Bonchev–Trinajstić information content (AvgIpc) is 2.46. The van der Waals surface area contributed by atoms with Crippen molar-refractivity contribution >= 4 is 17.5 Å². The van der Waals surface area contributed by atoms with Gasteiger partial charge in [-0.1, -0.05) is 43.5 Å². The van der Waals surface area contributed by atoms with Gasteiger partial charge in [0.25, 0.3) is 0 Å². The number of nitrogens with one attached hydrogen (secondary N) is 1. The fourth-order valence-electron chi connectivity index (χ4n) is 3.29. The Balaban J connectivity index is 2.01. The highest BCUT2D eigenvalue weighted by atomic mass is 35.5. The van der Waals surface area contributed by atoms with E-state index in [9.17, 15) is 4.79 Å². The van der Waals surface area contributed by atoms with Gasteiger partial charge in [0, 0.05) is 18.2 Å². The normalized spacial score (nSPS) is 17.6. The van der Waals surface area contributed by atoms with Crippen molar-refractivity contribution in [3.05, 3.63) is 34.9 Å². The van der Waals surface area contributed by atoms with Crippen LogP contribution >= 0.6 is 11.6 Å². The second-order valence-corrected chi connectivity index (χ2v) is 6.76. The first kappa shape index (κ1) is 17.3. The zero-order valence-corrected chi connectivity index (χ0v) is 14.0. The number of hydrogen-bond donors (Lipinski definition) is 2. The van der Waals surface area contributed by atoms with Gasteiger partial charge >= 0.3 is 0 Å². The minimum Gasteiger partial charge on any atom is -0.396 e. The molecular formula is C18H26ClNO2. The topological polar surface area (TPSA) is 49.3 Å². The number of aliphatic hydroxyl groups excluding tert-OH is 1. The summed E-state index contributed by atoms with van der Waals surface area (Å²) in [4.78, 5) is 12.7. The second-order valence-electron chi connectivity index (χ2n) is 6.32. The maximum Gasteiger partial charge on any atom is 0.230 e. The first-order valence-electron chi connectivity index (χ1n) is 8.27. The van der Waals surface area contributed by atoms with Crippen LogP contribution in [0.5, 0.6) is 0 Å². The van der Waals surface area contributed by atoms with Crippen LogP contribution < -0.4 is 5.32 Å². The average molecular weight is 324 g/mol. The van der Waals surface area contributed by atoms with Crippen LogP contribution in [0.1, 0.15) is 51.0 Å². The highest BCUT2D eigenvalue weighted by Crippen LogP contribution is 2.44. The zero-order valence-electron chi connectivity index (χ0n) is 13.3. The Morgan fingerprint density at radius 1 is 1.32 bits per heavy atom. The number of hydrogen-bond acceptors (Lipinski definition) is 2. The molecule has 0 bridgehead atoms. The van der Waals surface area contributed by atoms with Crippen molar-refractivity contribution in [1.82, 2.24) is 5.32 Å². The molecule has 1 aliphatic carbocycles. The summed E-state index contributed by atoms with van der Waals surface area (Å²) < 4.78 is 0. The maximum atomic E-state index is 12.7. The standard InChI is InChI=1S/C18H26ClNO2/c1-2-4-14(9-12-21)13-20-17(22)18(10-3-11-18)15-5-7-16(19)8-6-15/h5-8,14,21H,2-4,9-13H2,1H3,(H,20,22). The molecule has 0 aliphatic heterocycles. The molecule has 0 radical (unpaired) electrons. The molecule has 1 aliphatic rings. The molecule has 1 saturated carbocycles. The lowest BCUT2D eigenvalue weighted by molar-refractivity contribution is -0.130. The number of carbonyl (C=O) groups is 1. The highest BCUT2D eigenvalue weighted by molar-refractivity contribution is 6.30. The van der Waals surface area contributed by atoms with E-state index in [4.69, 9.17) is 16.7 Å². The molecule has 0 spiro atoms. The Labute approximate surface area is 138 Å². The van der Waals surface area contributed by atoms with E-state index in [1.165, 1.54) is 0 Å². The third-order valence-electron chi connectivity index (χ3n) is 4.82. The minimum absolute atomic E-state index is 0.125. The van der Waals surface area contributed by atoms with Crippen LogP contribution in [0.15, 0.2) is 24.3 Å². The first-order chi connectivity index (χ1) is 10.6. The Kier molecular flexibility index (Phi) is 6.27. The molecule has 22 heavy (non-hydrogen) atoms. The van der Waals surface area contributed by atoms with Gasteiger partial charge in [0.2, 0.25) is 5.91 Å². The Hall–Kier alpha value is -1.06. The summed E-state index contributed by atoms with van der Waals surface area (Å²) in [6.45, 7) is 2.97. The van der Waals surface area contributed by atoms with E-state index >= 15 is 0 Å². The van der Waals surface area contributed by atoms with E-state index in [-0.39, 0.29) is 17.9 Å². The molecule has 1 amide bonds. The maximum absolute atomic E-state index is 12.7. The highest BCUT2D eigenvalue weighted by Gasteiger charge is 2.45. The van der Waals surface area contributed by atoms with Crippen LogP contribution in [0.4, 0.5) is 0 Å². The molecule has 0 aromatic heterocycles. The van der Waals surface area contributed by atoms with E-state index in [0.29, 0.717) is 17.5 Å². The van der Waals surface area contributed by atoms with Crippen molar-refractivity contribution in [3.63, 3.8) is 0 Å². The van der Waals surface area contributed by atoms with Gasteiger partial charge in [0.05, 0.1) is 5.41 Å². The minimum atomic E-state index is -0.374. The molecular weight excluding hydrogens is 298 g/mol. The van der Waals surface area contributed by atoms with E-state index < -0.39 is 0 Å². The predicted octanol–water partition coefficient (Wildman–Crippen LogP) is 3.68. The number of aliphatic hydroxyl groups is 1. The first-order valence-corrected chi connectivity index (χ1v) is 8.65. The van der Waals surface area contributed by atoms with Crippen molar-refractivity contribution in [3.8, 4) is 0 Å². The number of rotatable bonds is 8. The van der Waals surface area contributed by atoms with Gasteiger partial charge in [0.15, 0.2) is 0 Å². The Morgan fingerprint density at radius 3 is 2.50 bits per heavy atom. The number of carbonyl (C=O) groups excluding carboxylic acids is 1. The van der Waals surface area contributed by atoms with Gasteiger partial charge in [-0.3, -0.25) is 4.79 Å². The molecule has 122 valence electrons. The third kappa shape index (κ3) is 3.82. The lowest BCUT2D eigenvalue weighted by atomic mass is 9.64. The van der Waals surface area contributed by atoms with E-state index in [1.807, 2.05) is 24.3 Å². The predicted molar refractivity (Wildman–Crippen MR) is 90.1 cm³/mol. The van der Waals surface area contributed by atoms with Gasteiger partial charge in [-0.05, 0) is 49.3 Å². The van der Waals surface area contributed by atoms with Gasteiger partial charge in [-0.15, -0.1) is 0 Å². The molecule has 2 N–H and O–H groups in total. The van der Waals surface area contributed by atoms with Crippen molar-refractivity contribution in [1.29, 1.82) is 0 Å². The van der Waals surface area contributed by atoms with Crippen LogP contribution in [0.25, 0.3) is 0 Å². The Bertz CT molecular complexity index is 476. The summed E-state index contributed by atoms with van der Waals surface area (Å²) in [6, 6.07) is 7.66. The second kappa shape index (κ2) is 7.98. The quantitative estimate of drug-likeness (QED) is 0.766. The van der Waals surface area contributed by atoms with E-state index in [2.05, 4.69) is 12.2 Å². The van der Waals surface area contributed by atoms with Crippen LogP contribution in [0.2, 0.25) is 5.02 Å². The molecule has 0 heterocycles. The summed E-state index contributed by atoms with van der Waals surface area (Å²) in [5.74, 6) is 0.487. The molecule has 0 saturated heterocycles. The third-order valence-corrected chi connectivity index (χ3v) is 5.08. The number of benzene rings is 1. The summed E-state index contributed by atoms with van der Waals surface area (Å²) in [5, 5.41) is 12.9. The molecule has 4 heteroatoms. The molecule has 1 atom stereocenters. The molecule has 1 aromatic rings. The Morgan fingerprint density at radius 2 is 2.00 bits per heavy atom. The lowest BCUT2D eigenvalue weighted by Crippen LogP contribution is -2.50. The van der Waals surface area contributed by atoms with Gasteiger partial charge in [-0.2, -0.15) is 0 Å². The largest absolute Gasteiger partial charge is 0.396 e. The fraction of sp³-hybridized carbons (Fsp3) is 0.611. The van der Waals surface area contributed by atoms with Crippen molar-refractivity contribution in [2.24, 2.45) is 5.92 Å². The molecule has 3 nitrogen and oxygen atoms in total. The number of halogens is 1. The van der Waals surface area contributed by atoms with Crippen LogP contribution in [0, 0.1) is 5.92 Å². The summed E-state index contributed by atoms with van der Waals surface area (Å²) >= 11 is 5.95. The van der Waals surface area contributed by atoms with Crippen molar-refractivity contribution < 1.29 is 9.90 Å². The smallest absolute Gasteiger partial charge is 0.230 e. The summed E-state index contributed by atoms with van der Waals surface area (Å²) in [5.41, 5.74) is 0.690. The van der Waals surface area contributed by atoms with Crippen LogP contribution in [-0.4, -0.2) is 24.2 Å².